The van der Waals surface area contributed by atoms with Gasteiger partial charge in [0, 0.05) is 24.9 Å². The van der Waals surface area contributed by atoms with Gasteiger partial charge in [-0.05, 0) is 24.3 Å². The van der Waals surface area contributed by atoms with Gasteiger partial charge in [-0.15, -0.1) is 0 Å². The van der Waals surface area contributed by atoms with Crippen molar-refractivity contribution in [1.29, 1.82) is 0 Å². The number of carbonyl (C=O) groups is 2. The fraction of sp³-hybridized carbons (Fsp3) is 0.278. The number of carbonyl (C=O) groups excluding carboxylic acids is 1. The molecule has 1 atom stereocenters. The van der Waals surface area contributed by atoms with Crippen molar-refractivity contribution >= 4 is 11.9 Å². The highest BCUT2D eigenvalue weighted by atomic mass is 16.5. The van der Waals surface area contributed by atoms with E-state index in [0.717, 1.165) is 0 Å². The smallest absolute Gasteiger partial charge is 0.305 e. The topological polar surface area (TPSA) is 107 Å². The van der Waals surface area contributed by atoms with Crippen molar-refractivity contribution in [3.8, 4) is 11.5 Å². The third-order valence-corrected chi connectivity index (χ3v) is 3.87. The van der Waals surface area contributed by atoms with Crippen LogP contribution < -0.4 is 20.3 Å². The van der Waals surface area contributed by atoms with E-state index in [9.17, 15) is 19.5 Å². The van der Waals surface area contributed by atoms with Gasteiger partial charge in [-0.25, -0.2) is 0 Å². The van der Waals surface area contributed by atoms with Gasteiger partial charge in [0.1, 0.15) is 17.1 Å². The number of hydrogen-bond acceptors (Lipinski definition) is 5. The van der Waals surface area contributed by atoms with Crippen LogP contribution in [0.3, 0.4) is 0 Å². The van der Waals surface area contributed by atoms with Crippen LogP contribution in [0.1, 0.15) is 28.4 Å². The number of carboxylic acid groups (broad SMARTS) is 1. The predicted octanol–water partition coefficient (Wildman–Crippen LogP) is 1.35. The SMILES string of the molecule is COc1ccc(C(CC(=O)O)NC(=O)c2cccn(C)c2=O)c(OC)c1. The molecule has 1 aromatic heterocycles. The standard InChI is InChI=1S/C18H20N2O6/c1-20-8-4-5-13(18(20)24)17(23)19-14(10-16(21)22)12-7-6-11(25-2)9-15(12)26-3/h4-9,14H,10H2,1-3H3,(H,19,23)(H,21,22). The second-order valence-electron chi connectivity index (χ2n) is 5.57. The third kappa shape index (κ3) is 4.21. The Balaban J connectivity index is 2.39. The molecule has 1 unspecified atom stereocenters. The van der Waals surface area contributed by atoms with Crippen LogP contribution in [-0.2, 0) is 11.8 Å². The minimum absolute atomic E-state index is 0.0714. The van der Waals surface area contributed by atoms with Gasteiger partial charge in [-0.2, -0.15) is 0 Å². The van der Waals surface area contributed by atoms with Gasteiger partial charge in [0.05, 0.1) is 26.7 Å². The van der Waals surface area contributed by atoms with Gasteiger partial charge >= 0.3 is 5.97 Å². The van der Waals surface area contributed by atoms with E-state index in [0.29, 0.717) is 17.1 Å². The summed E-state index contributed by atoms with van der Waals surface area (Å²) in [7, 11) is 4.46. The summed E-state index contributed by atoms with van der Waals surface area (Å²) in [4.78, 5) is 35.9. The average Bonchev–Trinajstić information content (AvgIpc) is 2.62. The highest BCUT2D eigenvalue weighted by molar-refractivity contribution is 5.94. The highest BCUT2D eigenvalue weighted by Gasteiger charge is 2.23. The van der Waals surface area contributed by atoms with E-state index >= 15 is 0 Å². The maximum Gasteiger partial charge on any atom is 0.305 e. The third-order valence-electron chi connectivity index (χ3n) is 3.87. The van der Waals surface area contributed by atoms with E-state index in [1.54, 1.807) is 24.3 Å². The molecule has 138 valence electrons. The van der Waals surface area contributed by atoms with Crippen LogP contribution in [0.2, 0.25) is 0 Å². The van der Waals surface area contributed by atoms with Gasteiger partial charge in [-0.1, -0.05) is 0 Å². The van der Waals surface area contributed by atoms with E-state index in [4.69, 9.17) is 9.47 Å². The monoisotopic (exact) mass is 360 g/mol. The van der Waals surface area contributed by atoms with Crippen LogP contribution in [0.5, 0.6) is 11.5 Å². The Morgan fingerprint density at radius 2 is 1.96 bits per heavy atom. The molecule has 0 aliphatic heterocycles. The lowest BCUT2D eigenvalue weighted by Crippen LogP contribution is -2.35. The summed E-state index contributed by atoms with van der Waals surface area (Å²) in [6.07, 6.45) is 1.15. The summed E-state index contributed by atoms with van der Waals surface area (Å²) >= 11 is 0. The summed E-state index contributed by atoms with van der Waals surface area (Å²) in [5.41, 5.74) is -0.0737. The number of carboxylic acids is 1. The van der Waals surface area contributed by atoms with Gasteiger partial charge in [-0.3, -0.25) is 14.4 Å². The number of benzene rings is 1. The number of aromatic nitrogens is 1. The molecule has 2 rings (SSSR count). The molecule has 0 aliphatic rings. The molecule has 8 heteroatoms. The molecule has 1 amide bonds. The first kappa shape index (κ1) is 19.0. The Morgan fingerprint density at radius 1 is 1.23 bits per heavy atom. The number of nitrogens with one attached hydrogen (secondary N) is 1. The molecular weight excluding hydrogens is 340 g/mol. The van der Waals surface area contributed by atoms with Crippen molar-refractivity contribution in [3.05, 3.63) is 58.0 Å². The molecule has 2 N–H and O–H groups in total. The minimum Gasteiger partial charge on any atom is -0.497 e. The molecule has 0 saturated carbocycles. The van der Waals surface area contributed by atoms with Gasteiger partial charge in [0.2, 0.25) is 0 Å². The predicted molar refractivity (Wildman–Crippen MR) is 93.7 cm³/mol. The number of ether oxygens (including phenoxy) is 2. The Hall–Kier alpha value is -3.29. The molecule has 0 radical (unpaired) electrons. The van der Waals surface area contributed by atoms with Crippen molar-refractivity contribution in [2.75, 3.05) is 14.2 Å². The van der Waals surface area contributed by atoms with Crippen LogP contribution >= 0.6 is 0 Å². The first-order chi connectivity index (χ1) is 12.4. The Morgan fingerprint density at radius 3 is 2.58 bits per heavy atom. The van der Waals surface area contributed by atoms with Crippen LogP contribution in [0.25, 0.3) is 0 Å². The number of nitrogens with zero attached hydrogens (tertiary/aromatic N) is 1. The van der Waals surface area contributed by atoms with Crippen LogP contribution in [0.15, 0.2) is 41.3 Å². The van der Waals surface area contributed by atoms with Gasteiger partial charge in [0.25, 0.3) is 11.5 Å². The molecule has 26 heavy (non-hydrogen) atoms. The largest absolute Gasteiger partial charge is 0.497 e. The summed E-state index contributed by atoms with van der Waals surface area (Å²) in [6, 6.07) is 6.93. The fourth-order valence-corrected chi connectivity index (χ4v) is 2.53. The second-order valence-corrected chi connectivity index (χ2v) is 5.57. The molecule has 0 fully saturated rings. The minimum atomic E-state index is -1.10. The Bertz CT molecular complexity index is 874. The maximum absolute atomic E-state index is 12.5. The van der Waals surface area contributed by atoms with Crippen molar-refractivity contribution in [3.63, 3.8) is 0 Å². The Labute approximate surface area is 150 Å². The quantitative estimate of drug-likeness (QED) is 0.772. The van der Waals surface area contributed by atoms with E-state index < -0.39 is 23.5 Å². The molecule has 8 nitrogen and oxygen atoms in total. The van der Waals surface area contributed by atoms with Crippen molar-refractivity contribution in [2.24, 2.45) is 7.05 Å². The zero-order chi connectivity index (χ0) is 19.3. The van der Waals surface area contributed by atoms with Crippen LogP contribution in [0, 0.1) is 0 Å². The lowest BCUT2D eigenvalue weighted by molar-refractivity contribution is -0.137. The van der Waals surface area contributed by atoms with Crippen molar-refractivity contribution in [1.82, 2.24) is 9.88 Å². The maximum atomic E-state index is 12.5. The van der Waals surface area contributed by atoms with Crippen molar-refractivity contribution in [2.45, 2.75) is 12.5 Å². The molecule has 0 saturated heterocycles. The molecule has 0 spiro atoms. The first-order valence-corrected chi connectivity index (χ1v) is 7.77. The molecule has 0 bridgehead atoms. The van der Waals surface area contributed by atoms with E-state index in [1.165, 1.54) is 38.1 Å². The number of methoxy groups -OCH3 is 2. The highest BCUT2D eigenvalue weighted by Crippen LogP contribution is 2.31. The summed E-state index contributed by atoms with van der Waals surface area (Å²) in [5, 5.41) is 11.8. The molecule has 1 heterocycles. The summed E-state index contributed by atoms with van der Waals surface area (Å²) < 4.78 is 11.7. The summed E-state index contributed by atoms with van der Waals surface area (Å²) in [5.74, 6) is -0.857. The summed E-state index contributed by atoms with van der Waals surface area (Å²) in [6.45, 7) is 0. The number of amides is 1. The molecular formula is C18H20N2O6. The normalized spacial score (nSPS) is 11.5. The average molecular weight is 360 g/mol. The lowest BCUT2D eigenvalue weighted by atomic mass is 10.0. The lowest BCUT2D eigenvalue weighted by Gasteiger charge is -2.20. The van der Waals surface area contributed by atoms with Crippen LogP contribution in [0.4, 0.5) is 0 Å². The van der Waals surface area contributed by atoms with Crippen LogP contribution in [-0.4, -0.2) is 35.8 Å². The van der Waals surface area contributed by atoms with E-state index in [2.05, 4.69) is 5.32 Å². The zero-order valence-electron chi connectivity index (χ0n) is 14.7. The molecule has 2 aromatic rings. The zero-order valence-corrected chi connectivity index (χ0v) is 14.7. The van der Waals surface area contributed by atoms with Gasteiger partial charge < -0.3 is 24.5 Å². The number of hydrogen-bond donors (Lipinski definition) is 2. The van der Waals surface area contributed by atoms with Gasteiger partial charge in [0.15, 0.2) is 0 Å². The number of aliphatic carboxylic acids is 1. The second kappa shape index (κ2) is 8.19. The van der Waals surface area contributed by atoms with Crippen molar-refractivity contribution < 1.29 is 24.2 Å². The fourth-order valence-electron chi connectivity index (χ4n) is 2.53. The Kier molecular flexibility index (Phi) is 6.00. The van der Waals surface area contributed by atoms with E-state index in [-0.39, 0.29) is 12.0 Å². The molecule has 0 aliphatic carbocycles. The van der Waals surface area contributed by atoms with E-state index in [1.807, 2.05) is 0 Å². The number of aryl methyl sites for hydroxylation is 1. The number of pyridine rings is 1. The first-order valence-electron chi connectivity index (χ1n) is 7.77. The molecule has 1 aromatic carbocycles. The number of rotatable bonds is 7.